The van der Waals surface area contributed by atoms with Crippen molar-refractivity contribution in [2.45, 2.75) is 32.2 Å². The quantitative estimate of drug-likeness (QED) is 0.758. The molecule has 0 aromatic rings. The Balaban J connectivity index is 1.89. The molecule has 2 aliphatic heterocycles. The Morgan fingerprint density at radius 1 is 1.37 bits per heavy atom. The van der Waals surface area contributed by atoms with Crippen LogP contribution in [0.4, 0.5) is 4.79 Å². The third-order valence-corrected chi connectivity index (χ3v) is 4.21. The van der Waals surface area contributed by atoms with Gasteiger partial charge in [0.15, 0.2) is 0 Å². The lowest BCUT2D eigenvalue weighted by Gasteiger charge is -2.36. The first-order chi connectivity index (χ1) is 9.05. The van der Waals surface area contributed by atoms with E-state index in [0.717, 1.165) is 38.9 Å². The summed E-state index contributed by atoms with van der Waals surface area (Å²) < 4.78 is 4.58. The van der Waals surface area contributed by atoms with Gasteiger partial charge < -0.3 is 20.3 Å². The summed E-state index contributed by atoms with van der Waals surface area (Å²) >= 11 is 0. The van der Waals surface area contributed by atoms with Crippen LogP contribution in [0.15, 0.2) is 0 Å². The summed E-state index contributed by atoms with van der Waals surface area (Å²) in [6.45, 7) is 5.17. The Labute approximate surface area is 113 Å². The van der Waals surface area contributed by atoms with Crippen LogP contribution < -0.4 is 10.6 Å². The first-order valence-electron chi connectivity index (χ1n) is 6.90. The minimum atomic E-state index is -0.424. The number of nitrogens with zero attached hydrogens (tertiary/aromatic N) is 1. The van der Waals surface area contributed by atoms with Gasteiger partial charge in [0.2, 0.25) is 5.91 Å². The molecule has 0 radical (unpaired) electrons. The first kappa shape index (κ1) is 14.1. The lowest BCUT2D eigenvalue weighted by atomic mass is 9.80. The zero-order valence-electron chi connectivity index (χ0n) is 11.7. The van der Waals surface area contributed by atoms with E-state index in [1.54, 1.807) is 0 Å². The van der Waals surface area contributed by atoms with Crippen molar-refractivity contribution in [1.29, 1.82) is 0 Å². The molecule has 0 bridgehead atoms. The molecule has 2 N–H and O–H groups in total. The predicted molar refractivity (Wildman–Crippen MR) is 70.7 cm³/mol. The summed E-state index contributed by atoms with van der Waals surface area (Å²) in [5.74, 6) is 0.225. The van der Waals surface area contributed by atoms with Crippen LogP contribution in [0.3, 0.4) is 0 Å². The molecule has 0 aliphatic carbocycles. The van der Waals surface area contributed by atoms with E-state index in [2.05, 4.69) is 22.3 Å². The molecule has 0 aromatic carbocycles. The highest BCUT2D eigenvalue weighted by atomic mass is 16.5. The van der Waals surface area contributed by atoms with Gasteiger partial charge in [0.05, 0.1) is 13.2 Å². The molecule has 6 heteroatoms. The normalized spacial score (nSPS) is 26.0. The van der Waals surface area contributed by atoms with Crippen LogP contribution in [-0.4, -0.2) is 56.2 Å². The van der Waals surface area contributed by atoms with Gasteiger partial charge in [-0.25, -0.2) is 4.79 Å². The number of rotatable bonds is 2. The van der Waals surface area contributed by atoms with Gasteiger partial charge in [-0.15, -0.1) is 0 Å². The van der Waals surface area contributed by atoms with Gasteiger partial charge in [-0.1, -0.05) is 6.92 Å². The van der Waals surface area contributed by atoms with Gasteiger partial charge >= 0.3 is 6.09 Å². The summed E-state index contributed by atoms with van der Waals surface area (Å²) in [5, 5.41) is 6.05. The van der Waals surface area contributed by atoms with Crippen LogP contribution in [0.5, 0.6) is 0 Å². The second-order valence-electron chi connectivity index (χ2n) is 5.68. The molecule has 1 atom stereocenters. The molecule has 0 saturated carbocycles. The van der Waals surface area contributed by atoms with Gasteiger partial charge in [-0.3, -0.25) is 4.79 Å². The third kappa shape index (κ3) is 3.18. The molecule has 2 heterocycles. The van der Waals surface area contributed by atoms with Crippen LogP contribution in [0.1, 0.15) is 26.2 Å². The van der Waals surface area contributed by atoms with Gasteiger partial charge in [0.25, 0.3) is 0 Å². The van der Waals surface area contributed by atoms with Crippen LogP contribution in [-0.2, 0) is 9.53 Å². The number of carbonyl (C=O) groups is 2. The second-order valence-corrected chi connectivity index (χ2v) is 5.68. The number of nitrogens with one attached hydrogen (secondary N) is 2. The number of ether oxygens (including phenoxy) is 1. The van der Waals surface area contributed by atoms with Crippen LogP contribution >= 0.6 is 0 Å². The van der Waals surface area contributed by atoms with Crippen molar-refractivity contribution >= 4 is 12.0 Å². The minimum absolute atomic E-state index is 0.0155. The van der Waals surface area contributed by atoms with Crippen molar-refractivity contribution in [3.63, 3.8) is 0 Å². The van der Waals surface area contributed by atoms with Crippen molar-refractivity contribution in [3.8, 4) is 0 Å². The second kappa shape index (κ2) is 5.77. The first-order valence-corrected chi connectivity index (χ1v) is 6.90. The van der Waals surface area contributed by atoms with Crippen molar-refractivity contribution in [2.24, 2.45) is 5.41 Å². The van der Waals surface area contributed by atoms with Gasteiger partial charge in [-0.05, 0) is 32.4 Å². The van der Waals surface area contributed by atoms with Gasteiger partial charge in [0.1, 0.15) is 0 Å². The summed E-state index contributed by atoms with van der Waals surface area (Å²) in [6, 6.07) is 0.0155. The molecular weight excluding hydrogens is 246 g/mol. The SMILES string of the molecule is COC(=O)NC1CCN(C(=O)C2(C)CCNCC2)C1. The van der Waals surface area contributed by atoms with Gasteiger partial charge in [0, 0.05) is 18.5 Å². The maximum absolute atomic E-state index is 12.6. The monoisotopic (exact) mass is 269 g/mol. The zero-order chi connectivity index (χ0) is 13.9. The number of likely N-dealkylation sites (tertiary alicyclic amines) is 1. The fraction of sp³-hybridized carbons (Fsp3) is 0.846. The van der Waals surface area contributed by atoms with Crippen molar-refractivity contribution < 1.29 is 14.3 Å². The average molecular weight is 269 g/mol. The molecule has 1 unspecified atom stereocenters. The largest absolute Gasteiger partial charge is 0.453 e. The number of methoxy groups -OCH3 is 1. The molecular formula is C13H23N3O3. The van der Waals surface area contributed by atoms with Crippen molar-refractivity contribution in [3.05, 3.63) is 0 Å². The molecule has 6 nitrogen and oxygen atoms in total. The highest BCUT2D eigenvalue weighted by molar-refractivity contribution is 5.83. The Hall–Kier alpha value is -1.30. The number of alkyl carbamates (subject to hydrolysis) is 1. The van der Waals surface area contributed by atoms with Crippen molar-refractivity contribution in [2.75, 3.05) is 33.3 Å². The Bertz CT molecular complexity index is 353. The topological polar surface area (TPSA) is 70.7 Å². The third-order valence-electron chi connectivity index (χ3n) is 4.21. The standard InChI is InChI=1S/C13H23N3O3/c1-13(4-6-14-7-5-13)11(17)16-8-3-10(9-16)15-12(18)19-2/h10,14H,3-9H2,1-2H3,(H,15,18). The smallest absolute Gasteiger partial charge is 0.407 e. The molecule has 108 valence electrons. The molecule has 2 aliphatic rings. The Morgan fingerprint density at radius 3 is 2.68 bits per heavy atom. The number of amides is 2. The van der Waals surface area contributed by atoms with Crippen molar-refractivity contribution in [1.82, 2.24) is 15.5 Å². The average Bonchev–Trinajstić information content (AvgIpc) is 2.87. The van der Waals surface area contributed by atoms with Crippen LogP contribution in [0, 0.1) is 5.41 Å². The molecule has 0 spiro atoms. The lowest BCUT2D eigenvalue weighted by Crippen LogP contribution is -2.48. The predicted octanol–water partition coefficient (Wildman–Crippen LogP) is 0.333. The maximum Gasteiger partial charge on any atom is 0.407 e. The Kier molecular flexibility index (Phi) is 4.29. The maximum atomic E-state index is 12.6. The number of hydrogen-bond acceptors (Lipinski definition) is 4. The number of piperidine rings is 1. The summed E-state index contributed by atoms with van der Waals surface area (Å²) in [4.78, 5) is 25.6. The number of hydrogen-bond donors (Lipinski definition) is 2. The van der Waals surface area contributed by atoms with Gasteiger partial charge in [-0.2, -0.15) is 0 Å². The van der Waals surface area contributed by atoms with E-state index in [0.29, 0.717) is 6.54 Å². The fourth-order valence-electron chi connectivity index (χ4n) is 2.86. The lowest BCUT2D eigenvalue weighted by molar-refractivity contribution is -0.141. The highest BCUT2D eigenvalue weighted by Crippen LogP contribution is 2.31. The summed E-state index contributed by atoms with van der Waals surface area (Å²) in [5.41, 5.74) is -0.245. The molecule has 2 saturated heterocycles. The van der Waals surface area contributed by atoms with E-state index in [-0.39, 0.29) is 17.4 Å². The summed E-state index contributed by atoms with van der Waals surface area (Å²) in [6.07, 6.45) is 2.15. The molecule has 2 amide bonds. The number of carbonyl (C=O) groups excluding carboxylic acids is 2. The fourth-order valence-corrected chi connectivity index (χ4v) is 2.86. The van der Waals surface area contributed by atoms with E-state index in [4.69, 9.17) is 0 Å². The van der Waals surface area contributed by atoms with Crippen LogP contribution in [0.2, 0.25) is 0 Å². The summed E-state index contributed by atoms with van der Waals surface area (Å²) in [7, 11) is 1.35. The van der Waals surface area contributed by atoms with E-state index in [1.165, 1.54) is 7.11 Å². The van der Waals surface area contributed by atoms with E-state index in [1.807, 2.05) is 4.90 Å². The molecule has 2 rings (SSSR count). The van der Waals surface area contributed by atoms with E-state index >= 15 is 0 Å². The minimum Gasteiger partial charge on any atom is -0.453 e. The molecule has 19 heavy (non-hydrogen) atoms. The molecule has 2 fully saturated rings. The Morgan fingerprint density at radius 2 is 2.05 bits per heavy atom. The van der Waals surface area contributed by atoms with Crippen LogP contribution in [0.25, 0.3) is 0 Å². The van der Waals surface area contributed by atoms with E-state index < -0.39 is 6.09 Å². The highest BCUT2D eigenvalue weighted by Gasteiger charge is 2.40. The zero-order valence-corrected chi connectivity index (χ0v) is 11.7. The molecule has 0 aromatic heterocycles. The van der Waals surface area contributed by atoms with E-state index in [9.17, 15) is 9.59 Å².